The van der Waals surface area contributed by atoms with Gasteiger partial charge in [-0.25, -0.2) is 8.42 Å². The lowest BCUT2D eigenvalue weighted by Crippen LogP contribution is -2.51. The number of nitrogens with zero attached hydrogens (tertiary/aromatic N) is 1. The predicted octanol–water partition coefficient (Wildman–Crippen LogP) is 2.72. The molecule has 0 aromatic heterocycles. The molecule has 0 aliphatic carbocycles. The summed E-state index contributed by atoms with van der Waals surface area (Å²) in [5, 5.41) is 2.82. The van der Waals surface area contributed by atoms with E-state index in [1.165, 1.54) is 4.31 Å². The lowest BCUT2D eigenvalue weighted by atomic mass is 10.2. The van der Waals surface area contributed by atoms with Gasteiger partial charge in [-0.2, -0.15) is 0 Å². The first-order valence-corrected chi connectivity index (χ1v) is 10.4. The number of nitrogens with one attached hydrogen (secondary N) is 1. The van der Waals surface area contributed by atoms with Gasteiger partial charge in [0, 0.05) is 6.54 Å². The minimum absolute atomic E-state index is 0.0723. The number of hydrogen-bond donors (Lipinski definition) is 1. The van der Waals surface area contributed by atoms with Crippen molar-refractivity contribution in [2.24, 2.45) is 5.92 Å². The molecule has 6 nitrogen and oxygen atoms in total. The van der Waals surface area contributed by atoms with E-state index in [0.717, 1.165) is 5.56 Å². The van der Waals surface area contributed by atoms with Gasteiger partial charge in [0.05, 0.1) is 17.1 Å². The molecule has 144 valence electrons. The van der Waals surface area contributed by atoms with Crippen LogP contribution in [0.1, 0.15) is 19.4 Å². The highest BCUT2D eigenvalue weighted by Crippen LogP contribution is 2.36. The van der Waals surface area contributed by atoms with Crippen LogP contribution in [0.4, 0.5) is 5.69 Å². The minimum Gasteiger partial charge on any atom is -0.476 e. The topological polar surface area (TPSA) is 75.7 Å². The molecule has 1 amide bonds. The van der Waals surface area contributed by atoms with E-state index in [1.54, 1.807) is 48.5 Å². The summed E-state index contributed by atoms with van der Waals surface area (Å²) >= 11 is 0. The molecule has 1 atom stereocenters. The van der Waals surface area contributed by atoms with Crippen molar-refractivity contribution in [2.45, 2.75) is 31.8 Å². The number of aryl methyl sites for hydroxylation is 1. The molecule has 0 saturated heterocycles. The summed E-state index contributed by atoms with van der Waals surface area (Å²) in [6, 6.07) is 13.5. The van der Waals surface area contributed by atoms with Crippen LogP contribution in [0.3, 0.4) is 0 Å². The molecule has 2 aromatic carbocycles. The number of fused-ring (bicyclic) bond motifs is 1. The first-order chi connectivity index (χ1) is 12.8. The molecule has 3 rings (SSSR count). The molecule has 7 heteroatoms. The average Bonchev–Trinajstić information content (AvgIpc) is 2.65. The van der Waals surface area contributed by atoms with Crippen LogP contribution in [0, 0.1) is 12.8 Å². The summed E-state index contributed by atoms with van der Waals surface area (Å²) in [7, 11) is -3.82. The summed E-state index contributed by atoms with van der Waals surface area (Å²) in [6.45, 7) is 6.31. The van der Waals surface area contributed by atoms with Gasteiger partial charge in [0.15, 0.2) is 6.10 Å². The van der Waals surface area contributed by atoms with Crippen molar-refractivity contribution in [3.8, 4) is 5.75 Å². The number of sulfonamides is 1. The van der Waals surface area contributed by atoms with Crippen molar-refractivity contribution in [2.75, 3.05) is 17.4 Å². The first-order valence-electron chi connectivity index (χ1n) is 8.92. The van der Waals surface area contributed by atoms with Crippen molar-refractivity contribution in [1.82, 2.24) is 5.32 Å². The number of hydrogen-bond acceptors (Lipinski definition) is 4. The van der Waals surface area contributed by atoms with Gasteiger partial charge in [-0.15, -0.1) is 0 Å². The molecule has 0 saturated carbocycles. The number of benzene rings is 2. The zero-order valence-electron chi connectivity index (χ0n) is 15.7. The van der Waals surface area contributed by atoms with Crippen LogP contribution in [-0.2, 0) is 14.8 Å². The largest absolute Gasteiger partial charge is 0.476 e. The molecular formula is C20H24N2O4S. The summed E-state index contributed by atoms with van der Waals surface area (Å²) in [4.78, 5) is 12.7. The van der Waals surface area contributed by atoms with E-state index in [1.807, 2.05) is 20.8 Å². The van der Waals surface area contributed by atoms with Crippen molar-refractivity contribution in [1.29, 1.82) is 0 Å². The van der Waals surface area contributed by atoms with Crippen LogP contribution in [-0.4, -0.2) is 33.5 Å². The maximum atomic E-state index is 13.2. The number of anilines is 1. The lowest BCUT2D eigenvalue weighted by molar-refractivity contribution is -0.127. The van der Waals surface area contributed by atoms with Gasteiger partial charge in [0.25, 0.3) is 15.9 Å². The van der Waals surface area contributed by atoms with Crippen molar-refractivity contribution in [3.05, 3.63) is 54.1 Å². The Hall–Kier alpha value is -2.54. The van der Waals surface area contributed by atoms with Gasteiger partial charge in [0.1, 0.15) is 5.75 Å². The fraction of sp³-hybridized carbons (Fsp3) is 0.350. The Morgan fingerprint density at radius 2 is 1.85 bits per heavy atom. The maximum absolute atomic E-state index is 13.2. The van der Waals surface area contributed by atoms with E-state index >= 15 is 0 Å². The summed E-state index contributed by atoms with van der Waals surface area (Å²) in [5.41, 5.74) is 1.41. The number of carbonyl (C=O) groups is 1. The van der Waals surface area contributed by atoms with Crippen LogP contribution in [0.15, 0.2) is 53.4 Å². The molecular weight excluding hydrogens is 364 g/mol. The van der Waals surface area contributed by atoms with Crippen molar-refractivity contribution < 1.29 is 17.9 Å². The SMILES string of the molecule is Cc1ccc(S(=O)(=O)N2C[C@@H](C(=O)NCC(C)C)Oc3ccccc32)cc1. The third kappa shape index (κ3) is 4.08. The molecule has 27 heavy (non-hydrogen) atoms. The van der Waals surface area contributed by atoms with Crippen molar-refractivity contribution in [3.63, 3.8) is 0 Å². The molecule has 0 spiro atoms. The van der Waals surface area contributed by atoms with Gasteiger partial charge in [-0.3, -0.25) is 9.10 Å². The lowest BCUT2D eigenvalue weighted by Gasteiger charge is -2.34. The third-order valence-corrected chi connectivity index (χ3v) is 6.11. The molecule has 1 N–H and O–H groups in total. The van der Waals surface area contributed by atoms with E-state index in [2.05, 4.69) is 5.32 Å². The molecule has 1 aliphatic rings. The maximum Gasteiger partial charge on any atom is 0.264 e. The molecule has 1 aliphatic heterocycles. The zero-order valence-corrected chi connectivity index (χ0v) is 16.5. The predicted molar refractivity (Wildman–Crippen MR) is 104 cm³/mol. The van der Waals surface area contributed by atoms with Gasteiger partial charge in [-0.05, 0) is 37.1 Å². The smallest absolute Gasteiger partial charge is 0.264 e. The first kappa shape index (κ1) is 19.2. The van der Waals surface area contributed by atoms with Gasteiger partial charge in [-0.1, -0.05) is 43.7 Å². The fourth-order valence-electron chi connectivity index (χ4n) is 2.82. The van der Waals surface area contributed by atoms with Crippen LogP contribution in [0.5, 0.6) is 5.75 Å². The fourth-order valence-corrected chi connectivity index (χ4v) is 4.30. The second-order valence-corrected chi connectivity index (χ2v) is 8.92. The highest BCUT2D eigenvalue weighted by molar-refractivity contribution is 7.92. The van der Waals surface area contributed by atoms with E-state index in [9.17, 15) is 13.2 Å². The number of ether oxygens (including phenoxy) is 1. The highest BCUT2D eigenvalue weighted by atomic mass is 32.2. The molecule has 0 fully saturated rings. The van der Waals surface area contributed by atoms with Crippen molar-refractivity contribution >= 4 is 21.6 Å². The Labute approximate surface area is 160 Å². The molecule has 0 unspecified atom stereocenters. The monoisotopic (exact) mass is 388 g/mol. The number of para-hydroxylation sites is 2. The Kier molecular flexibility index (Phi) is 5.41. The number of carbonyl (C=O) groups excluding carboxylic acids is 1. The average molecular weight is 388 g/mol. The van der Waals surface area contributed by atoms with E-state index < -0.39 is 16.1 Å². The zero-order chi connectivity index (χ0) is 19.6. The second-order valence-electron chi connectivity index (χ2n) is 7.06. The number of amides is 1. The van der Waals surface area contributed by atoms with E-state index in [4.69, 9.17) is 4.74 Å². The molecule has 0 bridgehead atoms. The summed E-state index contributed by atoms with van der Waals surface area (Å²) < 4.78 is 33.5. The Bertz CT molecular complexity index is 923. The van der Waals surface area contributed by atoms with Gasteiger partial charge in [0.2, 0.25) is 0 Å². The second kappa shape index (κ2) is 7.60. The van der Waals surface area contributed by atoms with Crippen LogP contribution < -0.4 is 14.4 Å². The quantitative estimate of drug-likeness (QED) is 0.855. The highest BCUT2D eigenvalue weighted by Gasteiger charge is 2.37. The molecule has 1 heterocycles. The Morgan fingerprint density at radius 1 is 1.19 bits per heavy atom. The standard InChI is InChI=1S/C20H24N2O4S/c1-14(2)12-21-20(23)19-13-22(17-6-4-5-7-18(17)26-19)27(24,25)16-10-8-15(3)9-11-16/h4-11,14,19H,12-13H2,1-3H3,(H,21,23)/t19-/m0/s1. The minimum atomic E-state index is -3.82. The van der Waals surface area contributed by atoms with Gasteiger partial charge < -0.3 is 10.1 Å². The van der Waals surface area contributed by atoms with Gasteiger partial charge >= 0.3 is 0 Å². The van der Waals surface area contributed by atoms with Crippen LogP contribution >= 0.6 is 0 Å². The number of rotatable bonds is 5. The van der Waals surface area contributed by atoms with Crippen LogP contribution in [0.25, 0.3) is 0 Å². The van der Waals surface area contributed by atoms with Crippen LogP contribution in [0.2, 0.25) is 0 Å². The molecule has 2 aromatic rings. The Morgan fingerprint density at radius 3 is 2.52 bits per heavy atom. The summed E-state index contributed by atoms with van der Waals surface area (Å²) in [6.07, 6.45) is -0.904. The molecule has 0 radical (unpaired) electrons. The summed E-state index contributed by atoms with van der Waals surface area (Å²) in [5.74, 6) is 0.351. The Balaban J connectivity index is 1.95. The van der Waals surface area contributed by atoms with E-state index in [-0.39, 0.29) is 23.3 Å². The normalized spacial score (nSPS) is 16.6. The van der Waals surface area contributed by atoms with E-state index in [0.29, 0.717) is 18.0 Å². The third-order valence-electron chi connectivity index (χ3n) is 4.32.